The minimum atomic E-state index is -0.0557. The van der Waals surface area contributed by atoms with Gasteiger partial charge in [0.1, 0.15) is 5.82 Å². The summed E-state index contributed by atoms with van der Waals surface area (Å²) in [7, 11) is 2.21. The third-order valence-corrected chi connectivity index (χ3v) is 6.26. The Morgan fingerprint density at radius 3 is 2.48 bits per heavy atom. The number of likely N-dealkylation sites (N-methyl/N-ethyl adjacent to an activating group) is 1. The Labute approximate surface area is 162 Å². The minimum Gasteiger partial charge on any atom is -0.343 e. The van der Waals surface area contributed by atoms with Gasteiger partial charge in [-0.15, -0.1) is 0 Å². The van der Waals surface area contributed by atoms with E-state index in [0.29, 0.717) is 18.2 Å². The van der Waals surface area contributed by atoms with Crippen LogP contribution in [0.25, 0.3) is 11.3 Å². The number of amides is 1. The van der Waals surface area contributed by atoms with Crippen LogP contribution in [0.15, 0.2) is 36.5 Å². The Morgan fingerprint density at radius 2 is 1.81 bits per heavy atom. The highest BCUT2D eigenvalue weighted by atomic mass is 16.2. The summed E-state index contributed by atoms with van der Waals surface area (Å²) in [6, 6.07) is 10.5. The number of nitrogens with zero attached hydrogens (tertiary/aromatic N) is 4. The summed E-state index contributed by atoms with van der Waals surface area (Å²) >= 11 is 0. The number of fused-ring (bicyclic) bond motifs is 2. The Hall–Kier alpha value is -2.14. The van der Waals surface area contributed by atoms with Gasteiger partial charge in [0.05, 0.1) is 17.4 Å². The first-order chi connectivity index (χ1) is 13.0. The summed E-state index contributed by atoms with van der Waals surface area (Å²) in [6.45, 7) is 7.85. The van der Waals surface area contributed by atoms with Crippen LogP contribution in [-0.4, -0.2) is 51.9 Å². The quantitative estimate of drug-likeness (QED) is 0.836. The van der Waals surface area contributed by atoms with Crippen molar-refractivity contribution in [3.63, 3.8) is 0 Å². The monoisotopic (exact) mass is 366 g/mol. The van der Waals surface area contributed by atoms with Crippen LogP contribution >= 0.6 is 0 Å². The van der Waals surface area contributed by atoms with Gasteiger partial charge in [0.2, 0.25) is 5.91 Å². The molecule has 0 aliphatic carbocycles. The first-order valence-electron chi connectivity index (χ1n) is 10.1. The second-order valence-electron chi connectivity index (χ2n) is 8.42. The van der Waals surface area contributed by atoms with Gasteiger partial charge in [-0.25, -0.2) is 4.98 Å². The van der Waals surface area contributed by atoms with Crippen LogP contribution in [0.5, 0.6) is 0 Å². The van der Waals surface area contributed by atoms with Crippen LogP contribution in [0.4, 0.5) is 0 Å². The Balaban J connectivity index is 1.60. The Kier molecular flexibility index (Phi) is 4.81. The normalized spacial score (nSPS) is 19.5. The number of likely N-dealkylation sites (tertiary alicyclic amines) is 1. The maximum absolute atomic E-state index is 12.5. The fraction of sp³-hybridized carbons (Fsp3) is 0.545. The number of aromatic nitrogens is 2. The summed E-state index contributed by atoms with van der Waals surface area (Å²) in [5, 5.41) is 0. The molecule has 2 aliphatic rings. The average Bonchev–Trinajstić information content (AvgIpc) is 3.11. The molecule has 0 unspecified atom stereocenters. The Bertz CT molecular complexity index is 803. The number of rotatable bonds is 3. The molecule has 27 heavy (non-hydrogen) atoms. The lowest BCUT2D eigenvalue weighted by atomic mass is 9.83. The molecule has 0 N–H and O–H groups in total. The van der Waals surface area contributed by atoms with Crippen molar-refractivity contribution >= 4 is 5.91 Å². The van der Waals surface area contributed by atoms with Gasteiger partial charge in [0, 0.05) is 32.6 Å². The summed E-state index contributed by atoms with van der Waals surface area (Å²) in [5.41, 5.74) is 2.37. The lowest BCUT2D eigenvalue weighted by Crippen LogP contribution is -2.57. The van der Waals surface area contributed by atoms with Crippen molar-refractivity contribution in [3.05, 3.63) is 42.4 Å². The van der Waals surface area contributed by atoms with E-state index in [1.54, 1.807) is 0 Å². The molecular weight excluding hydrogens is 336 g/mol. The van der Waals surface area contributed by atoms with Crippen LogP contribution in [0.3, 0.4) is 0 Å². The molecule has 2 aromatic rings. The minimum absolute atomic E-state index is 0.0557. The van der Waals surface area contributed by atoms with Crippen molar-refractivity contribution in [3.8, 4) is 11.3 Å². The smallest absolute Gasteiger partial charge is 0.222 e. The molecule has 5 heteroatoms. The van der Waals surface area contributed by atoms with Gasteiger partial charge in [-0.3, -0.25) is 9.69 Å². The molecule has 2 aliphatic heterocycles. The predicted octanol–water partition coefficient (Wildman–Crippen LogP) is 3.36. The second kappa shape index (κ2) is 7.12. The van der Waals surface area contributed by atoms with Gasteiger partial charge in [-0.1, -0.05) is 44.2 Å². The number of hydrogen-bond donors (Lipinski definition) is 0. The van der Waals surface area contributed by atoms with Crippen molar-refractivity contribution in [2.24, 2.45) is 5.92 Å². The number of benzene rings is 1. The van der Waals surface area contributed by atoms with E-state index in [2.05, 4.69) is 65.6 Å². The highest BCUT2D eigenvalue weighted by molar-refractivity contribution is 5.76. The molecule has 1 fully saturated rings. The van der Waals surface area contributed by atoms with Gasteiger partial charge in [0.15, 0.2) is 0 Å². The molecule has 1 aromatic carbocycles. The van der Waals surface area contributed by atoms with E-state index in [0.717, 1.165) is 39.0 Å². The zero-order chi connectivity index (χ0) is 19.0. The number of carbonyl (C=O) groups excluding carboxylic acids is 1. The third-order valence-electron chi connectivity index (χ3n) is 6.26. The molecule has 0 radical (unpaired) electrons. The summed E-state index contributed by atoms with van der Waals surface area (Å²) in [5.74, 6) is 1.88. The van der Waals surface area contributed by atoms with E-state index >= 15 is 0 Å². The maximum Gasteiger partial charge on any atom is 0.222 e. The lowest BCUT2D eigenvalue weighted by molar-refractivity contribution is -0.135. The topological polar surface area (TPSA) is 41.4 Å². The van der Waals surface area contributed by atoms with E-state index in [9.17, 15) is 4.79 Å². The number of carbonyl (C=O) groups is 1. The van der Waals surface area contributed by atoms with Crippen LogP contribution in [0.2, 0.25) is 0 Å². The number of hydrogen-bond acceptors (Lipinski definition) is 3. The molecule has 144 valence electrons. The van der Waals surface area contributed by atoms with Gasteiger partial charge in [0.25, 0.3) is 0 Å². The SMILES string of the molecule is CC(C)CC(=O)N1CCC2(CC1)c1ncc(-c3ccccc3)n1CCN2C. The molecule has 1 amide bonds. The van der Waals surface area contributed by atoms with E-state index in [-0.39, 0.29) is 5.54 Å². The van der Waals surface area contributed by atoms with Gasteiger partial charge >= 0.3 is 0 Å². The highest BCUT2D eigenvalue weighted by Gasteiger charge is 2.46. The van der Waals surface area contributed by atoms with Crippen molar-refractivity contribution in [2.75, 3.05) is 26.7 Å². The Morgan fingerprint density at radius 1 is 1.11 bits per heavy atom. The van der Waals surface area contributed by atoms with E-state index < -0.39 is 0 Å². The molecule has 0 atom stereocenters. The van der Waals surface area contributed by atoms with E-state index in [1.165, 1.54) is 17.1 Å². The molecule has 0 bridgehead atoms. The van der Waals surface area contributed by atoms with Gasteiger partial charge in [-0.05, 0) is 31.4 Å². The molecule has 1 spiro atoms. The fourth-order valence-electron chi connectivity index (χ4n) is 4.66. The van der Waals surface area contributed by atoms with Crippen molar-refractivity contribution in [1.82, 2.24) is 19.4 Å². The second-order valence-corrected chi connectivity index (χ2v) is 8.42. The molecule has 1 saturated heterocycles. The molecular formula is C22H30N4O. The lowest BCUT2D eigenvalue weighted by Gasteiger charge is -2.49. The highest BCUT2D eigenvalue weighted by Crippen LogP contribution is 2.41. The molecule has 5 nitrogen and oxygen atoms in total. The maximum atomic E-state index is 12.5. The summed E-state index contributed by atoms with van der Waals surface area (Å²) in [6.07, 6.45) is 4.59. The molecule has 3 heterocycles. The predicted molar refractivity (Wildman–Crippen MR) is 107 cm³/mol. The van der Waals surface area contributed by atoms with Crippen molar-refractivity contribution in [1.29, 1.82) is 0 Å². The van der Waals surface area contributed by atoms with Gasteiger partial charge < -0.3 is 9.47 Å². The molecule has 4 rings (SSSR count). The first kappa shape index (κ1) is 18.2. The van der Waals surface area contributed by atoms with E-state index in [4.69, 9.17) is 4.98 Å². The summed E-state index contributed by atoms with van der Waals surface area (Å²) < 4.78 is 2.40. The standard InChI is InChI=1S/C22H30N4O/c1-17(2)15-20(27)25-11-9-22(10-12-25)21-23-16-19(18-7-5-4-6-8-18)26(21)14-13-24(22)3/h4-8,16-17H,9-15H2,1-3H3. The van der Waals surface area contributed by atoms with Crippen LogP contribution in [0.1, 0.15) is 38.9 Å². The summed E-state index contributed by atoms with van der Waals surface area (Å²) in [4.78, 5) is 21.9. The van der Waals surface area contributed by atoms with E-state index in [1.807, 2.05) is 6.20 Å². The molecule has 0 saturated carbocycles. The average molecular weight is 367 g/mol. The molecule has 1 aromatic heterocycles. The number of imidazole rings is 1. The van der Waals surface area contributed by atoms with Crippen molar-refractivity contribution in [2.45, 2.75) is 45.2 Å². The van der Waals surface area contributed by atoms with Crippen molar-refractivity contribution < 1.29 is 4.79 Å². The third kappa shape index (κ3) is 3.18. The van der Waals surface area contributed by atoms with Gasteiger partial charge in [-0.2, -0.15) is 0 Å². The number of piperidine rings is 1. The van der Waals surface area contributed by atoms with Crippen LogP contribution < -0.4 is 0 Å². The zero-order valence-electron chi connectivity index (χ0n) is 16.7. The van der Waals surface area contributed by atoms with Crippen LogP contribution in [-0.2, 0) is 16.9 Å². The zero-order valence-corrected chi connectivity index (χ0v) is 16.7. The van der Waals surface area contributed by atoms with Crippen LogP contribution in [0, 0.1) is 5.92 Å². The fourth-order valence-corrected chi connectivity index (χ4v) is 4.66. The first-order valence-corrected chi connectivity index (χ1v) is 10.1. The largest absolute Gasteiger partial charge is 0.343 e.